The second-order valence-corrected chi connectivity index (χ2v) is 9.30. The minimum atomic E-state index is -5.06. The summed E-state index contributed by atoms with van der Waals surface area (Å²) in [6.45, 7) is 3.87. The van der Waals surface area contributed by atoms with Crippen molar-refractivity contribution < 1.29 is 36.3 Å². The summed E-state index contributed by atoms with van der Waals surface area (Å²) in [6.07, 6.45) is -1.99. The largest absolute Gasteiger partial charge is 0.419 e. The van der Waals surface area contributed by atoms with Gasteiger partial charge in [-0.25, -0.2) is 8.78 Å². The van der Waals surface area contributed by atoms with Crippen molar-refractivity contribution in [3.63, 3.8) is 0 Å². The van der Waals surface area contributed by atoms with Crippen LogP contribution in [0.1, 0.15) is 59.4 Å². The third kappa shape index (κ3) is 4.70. The van der Waals surface area contributed by atoms with Gasteiger partial charge < -0.3 is 15.0 Å². The molecule has 2 aromatic rings. The Kier molecular flexibility index (Phi) is 7.09. The van der Waals surface area contributed by atoms with E-state index in [1.165, 1.54) is 9.58 Å². The second kappa shape index (κ2) is 9.79. The van der Waals surface area contributed by atoms with E-state index < -0.39 is 52.8 Å². The van der Waals surface area contributed by atoms with Gasteiger partial charge in [0.05, 0.1) is 31.0 Å². The Morgan fingerprint density at radius 3 is 2.42 bits per heavy atom. The lowest BCUT2D eigenvalue weighted by Gasteiger charge is -2.36. The number of nitrogens with zero attached hydrogens (tertiary/aromatic N) is 3. The Balaban J connectivity index is 1.64. The zero-order chi connectivity index (χ0) is 26.4. The van der Waals surface area contributed by atoms with Crippen molar-refractivity contribution in [2.24, 2.45) is 13.0 Å². The maximum atomic E-state index is 14.8. The lowest BCUT2D eigenvalue weighted by atomic mass is 9.90. The molecule has 196 valence electrons. The van der Waals surface area contributed by atoms with Crippen molar-refractivity contribution in [1.29, 1.82) is 0 Å². The first-order valence-electron chi connectivity index (χ1n) is 11.7. The number of aryl methyl sites for hydroxylation is 2. The van der Waals surface area contributed by atoms with E-state index in [-0.39, 0.29) is 31.2 Å². The maximum absolute atomic E-state index is 14.8. The third-order valence-electron chi connectivity index (χ3n) is 7.00. The number of hydrogen-bond donors (Lipinski definition) is 1. The lowest BCUT2D eigenvalue weighted by Crippen LogP contribution is -2.52. The summed E-state index contributed by atoms with van der Waals surface area (Å²) in [4.78, 5) is 28.4. The van der Waals surface area contributed by atoms with Gasteiger partial charge in [0, 0.05) is 24.6 Å². The number of nitrogens with one attached hydrogen (secondary N) is 1. The molecule has 4 rings (SSSR count). The molecule has 0 saturated carbocycles. The van der Waals surface area contributed by atoms with Gasteiger partial charge in [0.2, 0.25) is 5.91 Å². The summed E-state index contributed by atoms with van der Waals surface area (Å²) in [5, 5.41) is 6.78. The molecule has 2 aliphatic heterocycles. The van der Waals surface area contributed by atoms with E-state index in [2.05, 4.69) is 10.4 Å². The summed E-state index contributed by atoms with van der Waals surface area (Å²) in [7, 11) is 1.63. The Morgan fingerprint density at radius 2 is 1.89 bits per heavy atom. The van der Waals surface area contributed by atoms with Crippen LogP contribution in [-0.4, -0.2) is 51.8 Å². The van der Waals surface area contributed by atoms with Crippen LogP contribution in [0.3, 0.4) is 0 Å². The number of likely N-dealkylation sites (tertiary alicyclic amines) is 1. The Labute approximate surface area is 204 Å². The molecular formula is C24H27F5N4O3. The molecule has 7 nitrogen and oxygen atoms in total. The number of alkyl halides is 3. The van der Waals surface area contributed by atoms with E-state index in [9.17, 15) is 31.5 Å². The SMILES string of the molecule is CC[C@@H]1CC[C@H](C(=O)NC(c2cc(F)c(C(F)(F)F)cc2F)C2COC2)N1C(=O)c1c(C)cnn1C. The molecule has 3 atom stereocenters. The van der Waals surface area contributed by atoms with Crippen molar-refractivity contribution in [2.45, 2.75) is 57.4 Å². The minimum absolute atomic E-state index is 0.104. The summed E-state index contributed by atoms with van der Waals surface area (Å²) < 4.78 is 74.8. The number of carbonyl (C=O) groups excluding carboxylic acids is 2. The van der Waals surface area contributed by atoms with Crippen LogP contribution >= 0.6 is 0 Å². The average molecular weight is 514 g/mol. The van der Waals surface area contributed by atoms with Gasteiger partial charge in [-0.15, -0.1) is 0 Å². The number of amides is 2. The van der Waals surface area contributed by atoms with Crippen LogP contribution in [0.5, 0.6) is 0 Å². The first kappa shape index (κ1) is 26.1. The Hall–Kier alpha value is -3.02. The molecule has 12 heteroatoms. The molecule has 2 saturated heterocycles. The van der Waals surface area contributed by atoms with Crippen LogP contribution in [0, 0.1) is 24.5 Å². The first-order valence-corrected chi connectivity index (χ1v) is 11.7. The van der Waals surface area contributed by atoms with Crippen molar-refractivity contribution in [3.8, 4) is 0 Å². The topological polar surface area (TPSA) is 76.5 Å². The van der Waals surface area contributed by atoms with Crippen molar-refractivity contribution in [1.82, 2.24) is 20.0 Å². The van der Waals surface area contributed by atoms with E-state index in [0.717, 1.165) is 0 Å². The van der Waals surface area contributed by atoms with Crippen molar-refractivity contribution in [3.05, 3.63) is 52.3 Å². The Morgan fingerprint density at radius 1 is 1.19 bits per heavy atom. The minimum Gasteiger partial charge on any atom is -0.381 e. The van der Waals surface area contributed by atoms with Gasteiger partial charge in [0.15, 0.2) is 0 Å². The molecule has 0 spiro atoms. The quantitative estimate of drug-likeness (QED) is 0.594. The summed E-state index contributed by atoms with van der Waals surface area (Å²) in [6, 6.07) is -1.64. The van der Waals surface area contributed by atoms with Crippen LogP contribution in [-0.2, 0) is 22.8 Å². The standard InChI is InChI=1S/C24H27F5N4O3/c1-4-14-5-6-19(33(14)23(35)21-12(2)9-30-32(21)3)22(34)31-20(13-10-36-11-13)15-7-18(26)16(8-17(15)25)24(27,28)29/h7-9,13-14,19-20H,4-6,10-11H2,1-3H3,(H,31,34)/t14-,19-,20?/m1/s1. The van der Waals surface area contributed by atoms with Gasteiger partial charge in [-0.1, -0.05) is 6.92 Å². The van der Waals surface area contributed by atoms with E-state index in [0.29, 0.717) is 36.6 Å². The summed E-state index contributed by atoms with van der Waals surface area (Å²) in [5.41, 5.74) is -1.13. The first-order chi connectivity index (χ1) is 16.9. The smallest absolute Gasteiger partial charge is 0.381 e. The predicted octanol–water partition coefficient (Wildman–Crippen LogP) is 3.91. The monoisotopic (exact) mass is 514 g/mol. The number of carbonyl (C=O) groups is 2. The van der Waals surface area contributed by atoms with Gasteiger partial charge in [-0.05, 0) is 43.9 Å². The number of rotatable bonds is 6. The van der Waals surface area contributed by atoms with Crippen LogP contribution in [0.25, 0.3) is 0 Å². The van der Waals surface area contributed by atoms with Crippen LogP contribution < -0.4 is 5.32 Å². The molecule has 0 aliphatic carbocycles. The molecule has 2 aliphatic rings. The average Bonchev–Trinajstić information content (AvgIpc) is 3.35. The van der Waals surface area contributed by atoms with Crippen LogP contribution in [0.2, 0.25) is 0 Å². The molecule has 1 unspecified atom stereocenters. The number of aromatic nitrogens is 2. The zero-order valence-electron chi connectivity index (χ0n) is 20.0. The zero-order valence-corrected chi connectivity index (χ0v) is 20.0. The predicted molar refractivity (Wildman–Crippen MR) is 118 cm³/mol. The third-order valence-corrected chi connectivity index (χ3v) is 7.00. The second-order valence-electron chi connectivity index (χ2n) is 9.30. The highest BCUT2D eigenvalue weighted by Crippen LogP contribution is 2.37. The number of hydrogen-bond acceptors (Lipinski definition) is 4. The molecule has 1 N–H and O–H groups in total. The fraction of sp³-hybridized carbons (Fsp3) is 0.542. The Bertz CT molecular complexity index is 1140. The molecule has 1 aromatic carbocycles. The van der Waals surface area contributed by atoms with Gasteiger partial charge in [0.1, 0.15) is 23.4 Å². The van der Waals surface area contributed by atoms with Gasteiger partial charge in [-0.2, -0.15) is 18.3 Å². The van der Waals surface area contributed by atoms with Gasteiger partial charge in [-0.3, -0.25) is 14.3 Å². The normalized spacial score (nSPS) is 21.4. The number of ether oxygens (including phenoxy) is 1. The maximum Gasteiger partial charge on any atom is 0.419 e. The highest BCUT2D eigenvalue weighted by atomic mass is 19.4. The van der Waals surface area contributed by atoms with E-state index >= 15 is 0 Å². The van der Waals surface area contributed by atoms with Gasteiger partial charge in [0.25, 0.3) is 5.91 Å². The summed E-state index contributed by atoms with van der Waals surface area (Å²) in [5.74, 6) is -4.33. The van der Waals surface area contributed by atoms with E-state index in [1.807, 2.05) is 6.92 Å². The van der Waals surface area contributed by atoms with E-state index in [4.69, 9.17) is 4.74 Å². The van der Waals surface area contributed by atoms with Gasteiger partial charge >= 0.3 is 6.18 Å². The van der Waals surface area contributed by atoms with Crippen molar-refractivity contribution in [2.75, 3.05) is 13.2 Å². The molecule has 2 fully saturated rings. The molecular weight excluding hydrogens is 487 g/mol. The molecule has 2 amide bonds. The molecule has 36 heavy (non-hydrogen) atoms. The highest BCUT2D eigenvalue weighted by Gasteiger charge is 2.44. The molecule has 1 aromatic heterocycles. The fourth-order valence-corrected chi connectivity index (χ4v) is 4.99. The fourth-order valence-electron chi connectivity index (χ4n) is 4.99. The number of halogens is 5. The molecule has 0 bridgehead atoms. The van der Waals surface area contributed by atoms with E-state index in [1.54, 1.807) is 20.2 Å². The van der Waals surface area contributed by atoms with Crippen LogP contribution in [0.4, 0.5) is 22.0 Å². The van der Waals surface area contributed by atoms with Crippen molar-refractivity contribution >= 4 is 11.8 Å². The number of benzene rings is 1. The van der Waals surface area contributed by atoms with Crippen LogP contribution in [0.15, 0.2) is 18.3 Å². The summed E-state index contributed by atoms with van der Waals surface area (Å²) >= 11 is 0. The molecule has 0 radical (unpaired) electrons. The molecule has 3 heterocycles. The highest BCUT2D eigenvalue weighted by molar-refractivity contribution is 5.98. The lowest BCUT2D eigenvalue weighted by molar-refractivity contribution is -0.140.